The van der Waals surface area contributed by atoms with Gasteiger partial charge in [0.05, 0.1) is 11.7 Å². The van der Waals surface area contributed by atoms with Crippen LogP contribution in [-0.4, -0.2) is 32.2 Å². The fraction of sp³-hybridized carbons (Fsp3) is 0.333. The van der Waals surface area contributed by atoms with E-state index in [1.807, 2.05) is 31.2 Å². The Bertz CT molecular complexity index is 553. The number of tetrazole rings is 1. The first-order chi connectivity index (χ1) is 9.08. The Hall–Kier alpha value is -2.28. The van der Waals surface area contributed by atoms with E-state index in [2.05, 4.69) is 20.8 Å². The van der Waals surface area contributed by atoms with E-state index in [-0.39, 0.29) is 18.0 Å². The zero-order chi connectivity index (χ0) is 13.8. The molecule has 1 heterocycles. The lowest BCUT2D eigenvalue weighted by atomic mass is 10.1. The van der Waals surface area contributed by atoms with E-state index in [4.69, 9.17) is 5.73 Å². The predicted molar refractivity (Wildman–Crippen MR) is 69.4 cm³/mol. The number of amides is 1. The van der Waals surface area contributed by atoms with E-state index in [1.165, 1.54) is 6.33 Å². The number of nitrogens with two attached hydrogens (primary N) is 1. The molecule has 1 aromatic carbocycles. The van der Waals surface area contributed by atoms with Gasteiger partial charge in [-0.15, -0.1) is 5.10 Å². The van der Waals surface area contributed by atoms with Crippen LogP contribution in [-0.2, 0) is 4.79 Å². The smallest absolute Gasteiger partial charge is 0.234 e. The molecule has 100 valence electrons. The number of aromatic nitrogens is 4. The molecule has 2 unspecified atom stereocenters. The Morgan fingerprint density at radius 3 is 2.84 bits per heavy atom. The maximum absolute atomic E-state index is 11.0. The monoisotopic (exact) mass is 260 g/mol. The van der Waals surface area contributed by atoms with Gasteiger partial charge in [-0.25, -0.2) is 4.68 Å². The number of carbonyl (C=O) groups excluding carboxylic acids is 1. The van der Waals surface area contributed by atoms with Crippen LogP contribution in [0.3, 0.4) is 0 Å². The van der Waals surface area contributed by atoms with Crippen LogP contribution in [0.4, 0.5) is 0 Å². The van der Waals surface area contributed by atoms with Gasteiger partial charge in [0.15, 0.2) is 0 Å². The minimum atomic E-state index is -0.383. The van der Waals surface area contributed by atoms with Crippen LogP contribution in [0.2, 0.25) is 0 Å². The largest absolute Gasteiger partial charge is 0.368 e. The van der Waals surface area contributed by atoms with Crippen LogP contribution in [0, 0.1) is 0 Å². The van der Waals surface area contributed by atoms with E-state index in [9.17, 15) is 4.79 Å². The second-order valence-electron chi connectivity index (χ2n) is 4.36. The lowest BCUT2D eigenvalue weighted by Gasteiger charge is -2.18. The number of hydrogen-bond acceptors (Lipinski definition) is 5. The van der Waals surface area contributed by atoms with E-state index < -0.39 is 0 Å². The Balaban J connectivity index is 2.17. The van der Waals surface area contributed by atoms with E-state index in [0.29, 0.717) is 0 Å². The summed E-state index contributed by atoms with van der Waals surface area (Å²) < 4.78 is 1.58. The molecule has 0 saturated carbocycles. The summed E-state index contributed by atoms with van der Waals surface area (Å²) in [5.74, 6) is -0.372. The SMILES string of the molecule is CC(NC(C)c1cccc(-n2cnnn2)c1)C(N)=O. The Kier molecular flexibility index (Phi) is 3.86. The highest BCUT2D eigenvalue weighted by Crippen LogP contribution is 2.16. The van der Waals surface area contributed by atoms with Crippen LogP contribution >= 0.6 is 0 Å². The summed E-state index contributed by atoms with van der Waals surface area (Å²) in [6.07, 6.45) is 1.53. The maximum atomic E-state index is 11.0. The van der Waals surface area contributed by atoms with Crippen LogP contribution in [0.15, 0.2) is 30.6 Å². The molecule has 0 saturated heterocycles. The third kappa shape index (κ3) is 3.14. The van der Waals surface area contributed by atoms with Gasteiger partial charge >= 0.3 is 0 Å². The van der Waals surface area contributed by atoms with Crippen LogP contribution in [0.1, 0.15) is 25.5 Å². The van der Waals surface area contributed by atoms with Crippen LogP contribution < -0.4 is 11.1 Å². The Labute approximate surface area is 110 Å². The molecule has 0 aliphatic heterocycles. The van der Waals surface area contributed by atoms with Crippen molar-refractivity contribution in [3.05, 3.63) is 36.2 Å². The lowest BCUT2D eigenvalue weighted by molar-refractivity contribution is -0.119. The van der Waals surface area contributed by atoms with Crippen molar-refractivity contribution in [3.8, 4) is 5.69 Å². The molecule has 2 rings (SSSR count). The zero-order valence-electron chi connectivity index (χ0n) is 10.8. The van der Waals surface area contributed by atoms with Gasteiger partial charge in [0.2, 0.25) is 5.91 Å². The molecule has 3 N–H and O–H groups in total. The first kappa shape index (κ1) is 13.2. The molecule has 0 aliphatic rings. The summed E-state index contributed by atoms with van der Waals surface area (Å²) in [6, 6.07) is 7.37. The average Bonchev–Trinajstić information content (AvgIpc) is 2.92. The third-order valence-corrected chi connectivity index (χ3v) is 2.91. The lowest BCUT2D eigenvalue weighted by Crippen LogP contribution is -2.40. The van der Waals surface area contributed by atoms with Gasteiger partial charge in [0.25, 0.3) is 0 Å². The van der Waals surface area contributed by atoms with Crippen molar-refractivity contribution in [2.75, 3.05) is 0 Å². The molecular weight excluding hydrogens is 244 g/mol. The number of primary amides is 1. The maximum Gasteiger partial charge on any atom is 0.234 e. The molecule has 7 nitrogen and oxygen atoms in total. The molecule has 0 aliphatic carbocycles. The Morgan fingerprint density at radius 1 is 1.42 bits per heavy atom. The van der Waals surface area contributed by atoms with Gasteiger partial charge in [0.1, 0.15) is 6.33 Å². The highest BCUT2D eigenvalue weighted by atomic mass is 16.1. The van der Waals surface area contributed by atoms with Gasteiger partial charge in [-0.1, -0.05) is 12.1 Å². The summed E-state index contributed by atoms with van der Waals surface area (Å²) in [5, 5.41) is 14.2. The number of hydrogen-bond donors (Lipinski definition) is 2. The van der Waals surface area contributed by atoms with Crippen molar-refractivity contribution in [3.63, 3.8) is 0 Å². The second-order valence-corrected chi connectivity index (χ2v) is 4.36. The number of nitrogens with one attached hydrogen (secondary N) is 1. The minimum absolute atomic E-state index is 0.000990. The van der Waals surface area contributed by atoms with Crippen molar-refractivity contribution in [1.82, 2.24) is 25.5 Å². The third-order valence-electron chi connectivity index (χ3n) is 2.91. The first-order valence-electron chi connectivity index (χ1n) is 5.96. The first-order valence-corrected chi connectivity index (χ1v) is 5.96. The quantitative estimate of drug-likeness (QED) is 0.799. The minimum Gasteiger partial charge on any atom is -0.368 e. The van der Waals surface area contributed by atoms with Crippen molar-refractivity contribution in [2.24, 2.45) is 5.73 Å². The van der Waals surface area contributed by atoms with Crippen molar-refractivity contribution < 1.29 is 4.79 Å². The Morgan fingerprint density at radius 2 is 2.21 bits per heavy atom. The molecule has 1 amide bonds. The van der Waals surface area contributed by atoms with E-state index in [1.54, 1.807) is 11.6 Å². The molecule has 2 aromatic rings. The summed E-state index contributed by atoms with van der Waals surface area (Å²) in [7, 11) is 0. The topological polar surface area (TPSA) is 98.7 Å². The summed E-state index contributed by atoms with van der Waals surface area (Å²) >= 11 is 0. The van der Waals surface area contributed by atoms with Crippen LogP contribution in [0.5, 0.6) is 0 Å². The molecule has 2 atom stereocenters. The van der Waals surface area contributed by atoms with Gasteiger partial charge in [-0.2, -0.15) is 0 Å². The summed E-state index contributed by atoms with van der Waals surface area (Å²) in [6.45, 7) is 3.71. The zero-order valence-corrected chi connectivity index (χ0v) is 10.8. The van der Waals surface area contributed by atoms with Gasteiger partial charge in [0, 0.05) is 6.04 Å². The van der Waals surface area contributed by atoms with Crippen molar-refractivity contribution >= 4 is 5.91 Å². The molecule has 0 radical (unpaired) electrons. The molecular formula is C12H16N6O. The predicted octanol–water partition coefficient (Wildman–Crippen LogP) is 0.187. The molecule has 0 spiro atoms. The molecule has 0 bridgehead atoms. The molecule has 7 heteroatoms. The standard InChI is InChI=1S/C12H16N6O/c1-8(15-9(2)12(13)19)10-4-3-5-11(6-10)18-7-14-16-17-18/h3-9,15H,1-2H3,(H2,13,19). The number of carbonyl (C=O) groups is 1. The van der Waals surface area contributed by atoms with E-state index in [0.717, 1.165) is 11.3 Å². The molecule has 1 aromatic heterocycles. The molecule has 19 heavy (non-hydrogen) atoms. The number of nitrogens with zero attached hydrogens (tertiary/aromatic N) is 4. The highest BCUT2D eigenvalue weighted by molar-refractivity contribution is 5.79. The van der Waals surface area contributed by atoms with E-state index >= 15 is 0 Å². The highest BCUT2D eigenvalue weighted by Gasteiger charge is 2.13. The fourth-order valence-electron chi connectivity index (χ4n) is 1.77. The van der Waals surface area contributed by atoms with Crippen LogP contribution in [0.25, 0.3) is 5.69 Å². The number of rotatable bonds is 5. The summed E-state index contributed by atoms with van der Waals surface area (Å²) in [5.41, 5.74) is 7.13. The fourth-order valence-corrected chi connectivity index (χ4v) is 1.77. The molecule has 0 fully saturated rings. The van der Waals surface area contributed by atoms with Crippen molar-refractivity contribution in [2.45, 2.75) is 25.9 Å². The van der Waals surface area contributed by atoms with Crippen molar-refractivity contribution in [1.29, 1.82) is 0 Å². The average molecular weight is 260 g/mol. The summed E-state index contributed by atoms with van der Waals surface area (Å²) in [4.78, 5) is 11.0. The van der Waals surface area contributed by atoms with Gasteiger partial charge in [-0.05, 0) is 42.0 Å². The normalized spacial score (nSPS) is 14.0. The van der Waals surface area contributed by atoms with Gasteiger partial charge in [-0.3, -0.25) is 10.1 Å². The van der Waals surface area contributed by atoms with Gasteiger partial charge < -0.3 is 5.73 Å². The second kappa shape index (κ2) is 5.57. The number of benzene rings is 1.